The predicted octanol–water partition coefficient (Wildman–Crippen LogP) is 4.03. The Balaban J connectivity index is 1.22. The molecule has 192 valence electrons. The number of aliphatic imine (C=N–C) groups is 1. The quantitative estimate of drug-likeness (QED) is 0.354. The number of nitrogens with zero attached hydrogens (tertiary/aromatic N) is 2. The molecule has 3 aromatic carbocycles. The average molecular weight is 500 g/mol. The number of hydrogen-bond donors (Lipinski definition) is 3. The Morgan fingerprint density at radius 2 is 1.73 bits per heavy atom. The molecule has 1 amide bonds. The zero-order valence-electron chi connectivity index (χ0n) is 21.2. The third kappa shape index (κ3) is 6.54. The summed E-state index contributed by atoms with van der Waals surface area (Å²) in [5.41, 5.74) is 5.27. The lowest BCUT2D eigenvalue weighted by atomic mass is 10.1. The number of hydrogen-bond acceptors (Lipinski definition) is 3. The second-order valence-electron chi connectivity index (χ2n) is 9.92. The van der Waals surface area contributed by atoms with Gasteiger partial charge in [0.2, 0.25) is 0 Å². The highest BCUT2D eigenvalue weighted by atomic mass is 19.1. The predicted molar refractivity (Wildman–Crippen MR) is 147 cm³/mol. The number of anilines is 1. The number of rotatable bonds is 6. The number of carbonyl (C=O) groups is 1. The minimum atomic E-state index is -0.255. The van der Waals surface area contributed by atoms with Gasteiger partial charge >= 0.3 is 0 Å². The van der Waals surface area contributed by atoms with Crippen LogP contribution >= 0.6 is 0 Å². The van der Waals surface area contributed by atoms with Crippen molar-refractivity contribution in [3.8, 4) is 0 Å². The maximum absolute atomic E-state index is 13.1. The van der Waals surface area contributed by atoms with E-state index < -0.39 is 0 Å². The van der Waals surface area contributed by atoms with E-state index in [1.54, 1.807) is 12.1 Å². The Bertz CT molecular complexity index is 1220. The molecule has 2 aliphatic rings. The molecule has 1 atom stereocenters. The van der Waals surface area contributed by atoms with E-state index in [0.717, 1.165) is 49.7 Å². The smallest absolute Gasteiger partial charge is 0.251 e. The highest BCUT2D eigenvalue weighted by Gasteiger charge is 2.24. The van der Waals surface area contributed by atoms with Crippen molar-refractivity contribution in [1.29, 1.82) is 0 Å². The molecule has 0 aromatic heterocycles. The SMILES string of the molecule is C[C@H]1CN(C(=NC2Cc3ccccc3C2)Nc2ccc(C(=O)NCCc3ccc(F)cc3)cc2)CCN1. The number of halogens is 1. The van der Waals surface area contributed by atoms with Crippen molar-refractivity contribution >= 4 is 17.6 Å². The molecule has 1 aliphatic carbocycles. The molecule has 7 heteroatoms. The molecule has 1 saturated heterocycles. The standard InChI is InChI=1S/C30H34FN5O/c1-21-20-36(17-16-32-21)30(35-28-18-24-4-2-3-5-25(24)19-28)34-27-12-8-23(9-13-27)29(37)33-15-14-22-6-10-26(31)11-7-22/h2-13,21,28,32H,14-20H2,1H3,(H,33,37)(H,34,35)/t21-/m0/s1. The van der Waals surface area contributed by atoms with E-state index in [1.165, 1.54) is 23.3 Å². The molecule has 3 aromatic rings. The summed E-state index contributed by atoms with van der Waals surface area (Å²) in [5, 5.41) is 9.99. The van der Waals surface area contributed by atoms with Gasteiger partial charge in [-0.2, -0.15) is 0 Å². The van der Waals surface area contributed by atoms with Crippen molar-refractivity contribution in [2.45, 2.75) is 38.3 Å². The Morgan fingerprint density at radius 1 is 1.03 bits per heavy atom. The molecule has 0 radical (unpaired) electrons. The summed E-state index contributed by atoms with van der Waals surface area (Å²) in [6.45, 7) is 5.39. The fourth-order valence-electron chi connectivity index (χ4n) is 5.03. The second-order valence-corrected chi connectivity index (χ2v) is 9.92. The van der Waals surface area contributed by atoms with Crippen molar-refractivity contribution in [2.24, 2.45) is 4.99 Å². The lowest BCUT2D eigenvalue weighted by Crippen LogP contribution is -2.53. The molecular weight excluding hydrogens is 465 g/mol. The van der Waals surface area contributed by atoms with Crippen LogP contribution in [-0.4, -0.2) is 55.0 Å². The van der Waals surface area contributed by atoms with Gasteiger partial charge < -0.3 is 20.9 Å². The van der Waals surface area contributed by atoms with Crippen LogP contribution in [0.4, 0.5) is 10.1 Å². The molecule has 0 spiro atoms. The zero-order chi connectivity index (χ0) is 25.6. The van der Waals surface area contributed by atoms with E-state index in [2.05, 4.69) is 52.0 Å². The van der Waals surface area contributed by atoms with Crippen LogP contribution in [0, 0.1) is 5.82 Å². The Morgan fingerprint density at radius 3 is 2.41 bits per heavy atom. The van der Waals surface area contributed by atoms with Crippen LogP contribution in [0.2, 0.25) is 0 Å². The summed E-state index contributed by atoms with van der Waals surface area (Å²) in [4.78, 5) is 20.1. The van der Waals surface area contributed by atoms with Crippen LogP contribution in [0.15, 0.2) is 77.8 Å². The zero-order valence-corrected chi connectivity index (χ0v) is 21.2. The maximum Gasteiger partial charge on any atom is 0.251 e. The molecule has 1 aliphatic heterocycles. The molecule has 0 bridgehead atoms. The molecule has 3 N–H and O–H groups in total. The number of nitrogens with one attached hydrogen (secondary N) is 3. The van der Waals surface area contributed by atoms with Crippen LogP contribution in [0.3, 0.4) is 0 Å². The van der Waals surface area contributed by atoms with Crippen LogP contribution in [0.5, 0.6) is 0 Å². The normalized spacial score (nSPS) is 17.9. The molecule has 1 fully saturated rings. The number of benzene rings is 3. The first kappa shape index (κ1) is 25.0. The molecule has 6 nitrogen and oxygen atoms in total. The van der Waals surface area contributed by atoms with Gasteiger partial charge in [0, 0.05) is 43.5 Å². The first-order valence-electron chi connectivity index (χ1n) is 13.1. The van der Waals surface area contributed by atoms with Crippen LogP contribution in [-0.2, 0) is 19.3 Å². The van der Waals surface area contributed by atoms with E-state index in [1.807, 2.05) is 24.3 Å². The first-order valence-corrected chi connectivity index (χ1v) is 13.1. The summed E-state index contributed by atoms with van der Waals surface area (Å²) < 4.78 is 13.1. The van der Waals surface area contributed by atoms with E-state index >= 15 is 0 Å². The van der Waals surface area contributed by atoms with Crippen molar-refractivity contribution in [3.05, 3.63) is 101 Å². The molecule has 37 heavy (non-hydrogen) atoms. The first-order chi connectivity index (χ1) is 18.0. The summed E-state index contributed by atoms with van der Waals surface area (Å²) in [5.74, 6) is 0.513. The third-order valence-corrected chi connectivity index (χ3v) is 7.02. The van der Waals surface area contributed by atoms with Crippen molar-refractivity contribution in [1.82, 2.24) is 15.5 Å². The van der Waals surface area contributed by atoms with Gasteiger partial charge in [-0.05, 0) is 79.3 Å². The highest BCUT2D eigenvalue weighted by Crippen LogP contribution is 2.24. The summed E-state index contributed by atoms with van der Waals surface area (Å²) in [6, 6.07) is 23.1. The Kier molecular flexibility index (Phi) is 7.80. The van der Waals surface area contributed by atoms with E-state index in [4.69, 9.17) is 4.99 Å². The summed E-state index contributed by atoms with van der Waals surface area (Å²) in [6.07, 6.45) is 2.57. The van der Waals surface area contributed by atoms with Gasteiger partial charge in [0.1, 0.15) is 5.82 Å². The molecule has 0 unspecified atom stereocenters. The highest BCUT2D eigenvalue weighted by molar-refractivity contribution is 5.96. The maximum atomic E-state index is 13.1. The minimum Gasteiger partial charge on any atom is -0.352 e. The Labute approximate surface area is 218 Å². The topological polar surface area (TPSA) is 68.8 Å². The monoisotopic (exact) mass is 499 g/mol. The van der Waals surface area contributed by atoms with Gasteiger partial charge in [-0.1, -0.05) is 36.4 Å². The fourth-order valence-corrected chi connectivity index (χ4v) is 5.03. The Hall–Kier alpha value is -3.71. The molecule has 1 heterocycles. The lowest BCUT2D eigenvalue weighted by molar-refractivity contribution is 0.0954. The molecule has 0 saturated carbocycles. The van der Waals surface area contributed by atoms with Gasteiger partial charge in [0.25, 0.3) is 5.91 Å². The van der Waals surface area contributed by atoms with Gasteiger partial charge in [-0.3, -0.25) is 4.79 Å². The minimum absolute atomic E-state index is 0.123. The summed E-state index contributed by atoms with van der Waals surface area (Å²) in [7, 11) is 0. The lowest BCUT2D eigenvalue weighted by Gasteiger charge is -2.35. The van der Waals surface area contributed by atoms with Crippen LogP contribution < -0.4 is 16.0 Å². The number of guanidine groups is 1. The molecule has 5 rings (SSSR count). The number of fused-ring (bicyclic) bond motifs is 1. The average Bonchev–Trinajstić information content (AvgIpc) is 3.32. The van der Waals surface area contributed by atoms with Crippen molar-refractivity contribution < 1.29 is 9.18 Å². The fraction of sp³-hybridized carbons (Fsp3) is 0.333. The number of piperazine rings is 1. The van der Waals surface area contributed by atoms with Gasteiger partial charge in [0.15, 0.2) is 5.96 Å². The van der Waals surface area contributed by atoms with E-state index in [0.29, 0.717) is 24.6 Å². The van der Waals surface area contributed by atoms with Gasteiger partial charge in [-0.15, -0.1) is 0 Å². The van der Waals surface area contributed by atoms with Crippen molar-refractivity contribution in [2.75, 3.05) is 31.5 Å². The van der Waals surface area contributed by atoms with Crippen LogP contribution in [0.1, 0.15) is 34.0 Å². The largest absolute Gasteiger partial charge is 0.352 e. The van der Waals surface area contributed by atoms with Crippen molar-refractivity contribution in [3.63, 3.8) is 0 Å². The number of amides is 1. The number of carbonyl (C=O) groups excluding carboxylic acids is 1. The van der Waals surface area contributed by atoms with E-state index in [9.17, 15) is 9.18 Å². The van der Waals surface area contributed by atoms with Gasteiger partial charge in [0.05, 0.1) is 6.04 Å². The second kappa shape index (κ2) is 11.6. The third-order valence-electron chi connectivity index (χ3n) is 7.02. The van der Waals surface area contributed by atoms with Gasteiger partial charge in [-0.25, -0.2) is 9.38 Å². The molecular formula is C30H34FN5O. The van der Waals surface area contributed by atoms with Crippen LogP contribution in [0.25, 0.3) is 0 Å². The summed E-state index contributed by atoms with van der Waals surface area (Å²) >= 11 is 0. The van der Waals surface area contributed by atoms with E-state index in [-0.39, 0.29) is 17.8 Å².